The van der Waals surface area contributed by atoms with E-state index in [-0.39, 0.29) is 13.2 Å². The highest BCUT2D eigenvalue weighted by Gasteiger charge is 2.78. The van der Waals surface area contributed by atoms with Gasteiger partial charge in [-0.3, -0.25) is 0 Å². The fourth-order valence-corrected chi connectivity index (χ4v) is 18.3. The maximum atomic E-state index is 12.0. The Bertz CT molecular complexity index is 3610. The van der Waals surface area contributed by atoms with E-state index in [9.17, 15) is 10.0 Å². The summed E-state index contributed by atoms with van der Waals surface area (Å²) in [7, 11) is 3.82. The van der Waals surface area contributed by atoms with Crippen LogP contribution in [0.3, 0.4) is 0 Å². The van der Waals surface area contributed by atoms with Gasteiger partial charge in [-0.15, -0.1) is 0 Å². The van der Waals surface area contributed by atoms with Crippen LogP contribution >= 0.6 is 23.2 Å². The number of carbonyl (C=O) groups is 1. The highest BCUT2D eigenvalue weighted by atomic mass is 35.5. The minimum atomic E-state index is -1.15. The molecule has 4 aromatic carbocycles. The lowest BCUT2D eigenvalue weighted by molar-refractivity contribution is -0.645. The van der Waals surface area contributed by atoms with Crippen molar-refractivity contribution in [2.24, 2.45) is 47.3 Å². The molecule has 2 spiro atoms. The van der Waals surface area contributed by atoms with Gasteiger partial charge < -0.3 is 47.5 Å². The molecule has 12 aliphatic rings. The Morgan fingerprint density at radius 2 is 0.871 bits per heavy atom. The molecule has 0 amide bonds. The molecule has 492 valence electrons. The molecule has 5 aromatic rings. The van der Waals surface area contributed by atoms with E-state index >= 15 is 0 Å². The fourth-order valence-electron chi connectivity index (χ4n) is 17.6. The molecule has 2 atom stereocenters. The summed E-state index contributed by atoms with van der Waals surface area (Å²) in [5.41, 5.74) is 4.66. The van der Waals surface area contributed by atoms with Crippen LogP contribution in [0.25, 0.3) is 18.2 Å². The summed E-state index contributed by atoms with van der Waals surface area (Å²) in [6, 6.07) is 27.4. The number of esters is 1. The first kappa shape index (κ1) is 65.0. The smallest absolute Gasteiger partial charge is 0.494 e. The monoisotopic (exact) mass is 1310 g/mol. The Balaban J connectivity index is 0.000000161. The average molecular weight is 1310 g/mol. The number of pyridine rings is 1. The molecule has 17 rings (SSSR count). The van der Waals surface area contributed by atoms with Gasteiger partial charge in [0.1, 0.15) is 24.7 Å². The van der Waals surface area contributed by atoms with Crippen molar-refractivity contribution in [2.75, 3.05) is 21.3 Å². The van der Waals surface area contributed by atoms with Gasteiger partial charge >= 0.3 is 20.2 Å². The van der Waals surface area contributed by atoms with Crippen molar-refractivity contribution in [3.05, 3.63) is 158 Å². The van der Waals surface area contributed by atoms with E-state index in [0.717, 1.165) is 119 Å². The molecule has 5 heterocycles. The van der Waals surface area contributed by atoms with Crippen LogP contribution in [0.5, 0.6) is 11.5 Å². The SMILES string of the molecule is COC(=O)/C=C/c1ccc(C2(OC)OOC23C2CC4CC(C2)CC3C4)c(Cl)c1OCc1ccc(B2OC(C)(C)C(C)(C)O2)cc1.COC1(c2ccc(/C=C/c3cc[n+]([O-])cc3)c(OCc3ccc(B4OC(C)(C)C(C)(C)O4)cc3)c2Cl)OOC12C1CC3CC(C1)CC2C3. The average Bonchev–Trinajstić information content (AvgIpc) is 1.10. The Hall–Kier alpha value is -5.31. The first-order valence-corrected chi connectivity index (χ1v) is 33.9. The van der Waals surface area contributed by atoms with Gasteiger partial charge in [0.2, 0.25) is 0 Å². The van der Waals surface area contributed by atoms with Gasteiger partial charge in [-0.2, -0.15) is 14.5 Å². The third-order valence-corrected chi connectivity index (χ3v) is 24.3. The highest BCUT2D eigenvalue weighted by molar-refractivity contribution is 6.62. The maximum absolute atomic E-state index is 12.0. The first-order valence-electron chi connectivity index (χ1n) is 33.1. The number of ether oxygens (including phenoxy) is 5. The lowest BCUT2D eigenvalue weighted by Crippen LogP contribution is -2.76. The molecule has 8 bridgehead atoms. The van der Waals surface area contributed by atoms with E-state index in [1.54, 1.807) is 32.4 Å². The van der Waals surface area contributed by atoms with Gasteiger partial charge in [0.05, 0.1) is 39.6 Å². The predicted molar refractivity (Wildman–Crippen MR) is 353 cm³/mol. The molecule has 8 aliphatic carbocycles. The van der Waals surface area contributed by atoms with Crippen LogP contribution in [0.1, 0.15) is 159 Å². The van der Waals surface area contributed by atoms with Crippen LogP contribution in [-0.2, 0) is 82.0 Å². The topological polar surface area (TPSA) is 164 Å². The van der Waals surface area contributed by atoms with E-state index in [1.165, 1.54) is 38.4 Å². The van der Waals surface area contributed by atoms with Gasteiger partial charge in [0.15, 0.2) is 23.6 Å². The van der Waals surface area contributed by atoms with Crippen LogP contribution in [0, 0.1) is 52.6 Å². The molecule has 16 nitrogen and oxygen atoms in total. The zero-order valence-electron chi connectivity index (χ0n) is 55.1. The quantitative estimate of drug-likeness (QED) is 0.0229. The summed E-state index contributed by atoms with van der Waals surface area (Å²) in [4.78, 5) is 36.4. The molecular formula is C73H85B2Cl2NO15. The number of rotatable bonds is 16. The minimum Gasteiger partial charge on any atom is -0.619 e. The van der Waals surface area contributed by atoms with E-state index in [1.807, 2.05) is 113 Å². The molecule has 8 saturated carbocycles. The third kappa shape index (κ3) is 10.7. The second kappa shape index (κ2) is 24.0. The molecular weight excluding hydrogens is 1220 g/mol. The number of hydrogen-bond donors (Lipinski definition) is 0. The molecule has 2 unspecified atom stereocenters. The molecule has 93 heavy (non-hydrogen) atoms. The standard InChI is InChI=1S/C38H43BClNO7.C35H42BClO8/c1-35(2)36(3,4)46-39(45-35)31-11-7-25(8-12-31)23-44-34-28(9-6-24-14-16-41(42)17-15-24)10-13-32(33(34)40)38(43-5)37(47-48-38)29-19-26-18-27(21-29)22-30(37)20-26;1-32(2)33(3,4)43-36(42-32)27-11-7-21(8-12-27)20-41-31-24(10-14-29(38)39-5)9-13-28(30(31)37)35(40-6)34(44-45-35)25-16-22-15-23(18-25)19-26(34)17-22/h6-17,26-27,29-30H,18-23H2,1-5H3;7-14,22-23,25-26H,15-20H2,1-6H3/b9-6+;14-10+. The van der Waals surface area contributed by atoms with Crippen molar-refractivity contribution >= 4 is 72.6 Å². The normalized spacial score (nSPS) is 33.3. The maximum Gasteiger partial charge on any atom is 0.494 e. The summed E-state index contributed by atoms with van der Waals surface area (Å²) in [6.07, 6.45) is 21.5. The largest absolute Gasteiger partial charge is 0.619 e. The van der Waals surface area contributed by atoms with Crippen molar-refractivity contribution in [1.29, 1.82) is 0 Å². The predicted octanol–water partition coefficient (Wildman–Crippen LogP) is 13.3. The molecule has 4 saturated heterocycles. The van der Waals surface area contributed by atoms with Crippen molar-refractivity contribution in [2.45, 2.75) is 178 Å². The number of nitrogens with zero attached hydrogens (tertiary/aromatic N) is 1. The van der Waals surface area contributed by atoms with Crippen LogP contribution in [-0.4, -0.2) is 75.1 Å². The number of halogens is 2. The zero-order valence-corrected chi connectivity index (χ0v) is 56.6. The molecule has 4 aliphatic heterocycles. The molecule has 20 heteroatoms. The van der Waals surface area contributed by atoms with Gasteiger partial charge in [0, 0.05) is 54.7 Å². The summed E-state index contributed by atoms with van der Waals surface area (Å²) in [5, 5.41) is 12.4. The fraction of sp³-hybridized carbons (Fsp3) is 0.534. The second-order valence-corrected chi connectivity index (χ2v) is 30.5. The first-order chi connectivity index (χ1) is 44.4. The van der Waals surface area contributed by atoms with Crippen molar-refractivity contribution in [3.63, 3.8) is 0 Å². The number of methoxy groups -OCH3 is 3. The minimum absolute atomic E-state index is 0.239. The van der Waals surface area contributed by atoms with Gasteiger partial charge in [0.25, 0.3) is 11.6 Å². The second-order valence-electron chi connectivity index (χ2n) is 29.8. The van der Waals surface area contributed by atoms with E-state index < -0.39 is 65.4 Å². The van der Waals surface area contributed by atoms with Gasteiger partial charge in [-0.1, -0.05) is 108 Å². The number of carbonyl (C=O) groups excluding carboxylic acids is 1. The number of benzene rings is 4. The Morgan fingerprint density at radius 3 is 1.20 bits per heavy atom. The zero-order chi connectivity index (χ0) is 65.3. The van der Waals surface area contributed by atoms with Crippen molar-refractivity contribution in [3.8, 4) is 11.5 Å². The van der Waals surface area contributed by atoms with Gasteiger partial charge in [-0.25, -0.2) is 14.6 Å². The molecule has 0 N–H and O–H groups in total. The molecule has 0 radical (unpaired) electrons. The lowest BCUT2D eigenvalue weighted by atomic mass is 9.47. The van der Waals surface area contributed by atoms with E-state index in [4.69, 9.17) is 85.1 Å². The van der Waals surface area contributed by atoms with Gasteiger partial charge in [-0.05, 0) is 201 Å². The molecule has 1 aromatic heterocycles. The molecule has 12 fully saturated rings. The van der Waals surface area contributed by atoms with E-state index in [2.05, 4.69) is 27.7 Å². The third-order valence-electron chi connectivity index (χ3n) is 23.5. The van der Waals surface area contributed by atoms with Crippen LogP contribution in [0.2, 0.25) is 10.0 Å². The van der Waals surface area contributed by atoms with E-state index in [0.29, 0.717) is 56.3 Å². The highest BCUT2D eigenvalue weighted by Crippen LogP contribution is 2.72. The Kier molecular flexibility index (Phi) is 16.8. The Morgan fingerprint density at radius 1 is 0.505 bits per heavy atom. The summed E-state index contributed by atoms with van der Waals surface area (Å²) >= 11 is 14.6. The summed E-state index contributed by atoms with van der Waals surface area (Å²) in [6.45, 7) is 16.9. The Labute approximate surface area is 556 Å². The number of aromatic nitrogens is 1. The number of hydrogen-bond acceptors (Lipinski definition) is 15. The summed E-state index contributed by atoms with van der Waals surface area (Å²) < 4.78 is 56.2. The van der Waals surface area contributed by atoms with Crippen LogP contribution in [0.15, 0.2) is 103 Å². The lowest BCUT2D eigenvalue weighted by Gasteiger charge is -2.68. The van der Waals surface area contributed by atoms with Crippen LogP contribution < -0.4 is 25.1 Å². The van der Waals surface area contributed by atoms with Crippen molar-refractivity contribution in [1.82, 2.24) is 0 Å². The van der Waals surface area contributed by atoms with Crippen molar-refractivity contribution < 1.29 is 71.4 Å². The summed E-state index contributed by atoms with van der Waals surface area (Å²) in [5.74, 6) is 2.58. The van der Waals surface area contributed by atoms with Crippen LogP contribution in [0.4, 0.5) is 0 Å².